The van der Waals surface area contributed by atoms with Gasteiger partial charge in [-0.05, 0) is 31.2 Å². The van der Waals surface area contributed by atoms with Gasteiger partial charge in [0.1, 0.15) is 0 Å². The number of carbonyl (C=O) groups excluding carboxylic acids is 1. The number of amides is 1. The summed E-state index contributed by atoms with van der Waals surface area (Å²) >= 11 is 0. The highest BCUT2D eigenvalue weighted by Gasteiger charge is 2.25. The van der Waals surface area contributed by atoms with Crippen molar-refractivity contribution in [3.63, 3.8) is 0 Å². The highest BCUT2D eigenvalue weighted by atomic mass is 16.5. The van der Waals surface area contributed by atoms with Gasteiger partial charge in [0.2, 0.25) is 5.91 Å². The van der Waals surface area contributed by atoms with E-state index in [4.69, 9.17) is 4.74 Å². The van der Waals surface area contributed by atoms with Crippen molar-refractivity contribution in [3.05, 3.63) is 35.4 Å². The van der Waals surface area contributed by atoms with Gasteiger partial charge < -0.3 is 10.1 Å². The summed E-state index contributed by atoms with van der Waals surface area (Å²) < 4.78 is 5.55. The summed E-state index contributed by atoms with van der Waals surface area (Å²) in [5, 5.41) is 3.06. The minimum absolute atomic E-state index is 0.0861. The number of carbonyl (C=O) groups is 1. The van der Waals surface area contributed by atoms with Gasteiger partial charge >= 0.3 is 0 Å². The predicted octanol–water partition coefficient (Wildman–Crippen LogP) is 3.03. The van der Waals surface area contributed by atoms with Crippen molar-refractivity contribution in [1.82, 2.24) is 5.32 Å². The van der Waals surface area contributed by atoms with Crippen molar-refractivity contribution >= 4 is 5.91 Å². The highest BCUT2D eigenvalue weighted by Crippen LogP contribution is 2.25. The SMILES string of the molecule is Cc1ccc(C(C(=O)NCC2CCCO2)C(C)C)cc1. The fraction of sp³-hybridized carbons (Fsp3) is 0.588. The second-order valence-electron chi connectivity index (χ2n) is 6.01. The molecule has 0 bridgehead atoms. The average Bonchev–Trinajstić information content (AvgIpc) is 2.92. The Morgan fingerprint density at radius 1 is 1.35 bits per heavy atom. The van der Waals surface area contributed by atoms with E-state index in [0.717, 1.165) is 25.0 Å². The molecule has 20 heavy (non-hydrogen) atoms. The van der Waals surface area contributed by atoms with Gasteiger partial charge in [0.05, 0.1) is 12.0 Å². The number of hydrogen-bond donors (Lipinski definition) is 1. The molecule has 1 amide bonds. The predicted molar refractivity (Wildman–Crippen MR) is 80.7 cm³/mol. The fourth-order valence-electron chi connectivity index (χ4n) is 2.74. The van der Waals surface area contributed by atoms with Crippen molar-refractivity contribution < 1.29 is 9.53 Å². The van der Waals surface area contributed by atoms with E-state index in [9.17, 15) is 4.79 Å². The molecule has 1 aromatic rings. The van der Waals surface area contributed by atoms with E-state index in [2.05, 4.69) is 50.4 Å². The fourth-order valence-corrected chi connectivity index (χ4v) is 2.74. The number of rotatable bonds is 5. The lowest BCUT2D eigenvalue weighted by Gasteiger charge is -2.22. The molecule has 3 nitrogen and oxygen atoms in total. The van der Waals surface area contributed by atoms with Crippen LogP contribution in [0.2, 0.25) is 0 Å². The second-order valence-corrected chi connectivity index (χ2v) is 6.01. The zero-order chi connectivity index (χ0) is 14.5. The molecule has 0 aromatic heterocycles. The highest BCUT2D eigenvalue weighted by molar-refractivity contribution is 5.83. The van der Waals surface area contributed by atoms with Gasteiger partial charge in [-0.25, -0.2) is 0 Å². The summed E-state index contributed by atoms with van der Waals surface area (Å²) in [6.07, 6.45) is 2.35. The first-order chi connectivity index (χ1) is 9.58. The summed E-state index contributed by atoms with van der Waals surface area (Å²) in [5.41, 5.74) is 2.31. The minimum atomic E-state index is -0.0861. The molecule has 110 valence electrons. The Hall–Kier alpha value is -1.35. The molecule has 0 radical (unpaired) electrons. The molecule has 1 N–H and O–H groups in total. The van der Waals surface area contributed by atoms with Crippen LogP contribution < -0.4 is 5.32 Å². The first kappa shape index (κ1) is 15.0. The topological polar surface area (TPSA) is 38.3 Å². The van der Waals surface area contributed by atoms with Crippen LogP contribution in [0.15, 0.2) is 24.3 Å². The molecule has 2 atom stereocenters. The van der Waals surface area contributed by atoms with Crippen molar-refractivity contribution in [2.45, 2.75) is 45.6 Å². The summed E-state index contributed by atoms with van der Waals surface area (Å²) in [5.74, 6) is 0.304. The largest absolute Gasteiger partial charge is 0.376 e. The van der Waals surface area contributed by atoms with Crippen LogP contribution in [0.5, 0.6) is 0 Å². The number of ether oxygens (including phenoxy) is 1. The van der Waals surface area contributed by atoms with Crippen LogP contribution in [0.4, 0.5) is 0 Å². The number of hydrogen-bond acceptors (Lipinski definition) is 2. The molecule has 1 aliphatic heterocycles. The van der Waals surface area contributed by atoms with E-state index in [0.29, 0.717) is 6.54 Å². The van der Waals surface area contributed by atoms with E-state index in [1.165, 1.54) is 5.56 Å². The molecule has 0 aliphatic carbocycles. The standard InChI is InChI=1S/C17H25NO2/c1-12(2)16(14-8-6-13(3)7-9-14)17(19)18-11-15-5-4-10-20-15/h6-9,12,15-16H,4-5,10-11H2,1-3H3,(H,18,19). The van der Waals surface area contributed by atoms with Crippen LogP contribution in [0.1, 0.15) is 43.7 Å². The third kappa shape index (κ3) is 3.83. The first-order valence-corrected chi connectivity index (χ1v) is 7.54. The van der Waals surface area contributed by atoms with Crippen molar-refractivity contribution in [3.8, 4) is 0 Å². The molecular weight excluding hydrogens is 250 g/mol. The van der Waals surface area contributed by atoms with Crippen molar-refractivity contribution in [2.75, 3.05) is 13.2 Å². The van der Waals surface area contributed by atoms with E-state index in [1.807, 2.05) is 0 Å². The van der Waals surface area contributed by atoms with E-state index < -0.39 is 0 Å². The van der Waals surface area contributed by atoms with Crippen LogP contribution in [-0.4, -0.2) is 25.2 Å². The summed E-state index contributed by atoms with van der Waals surface area (Å²) in [6, 6.07) is 8.26. The lowest BCUT2D eigenvalue weighted by Crippen LogP contribution is -2.37. The van der Waals surface area contributed by atoms with E-state index >= 15 is 0 Å². The van der Waals surface area contributed by atoms with Crippen LogP contribution >= 0.6 is 0 Å². The first-order valence-electron chi connectivity index (χ1n) is 7.54. The normalized spacial score (nSPS) is 20.1. The van der Waals surface area contributed by atoms with Gasteiger partial charge in [-0.1, -0.05) is 43.7 Å². The maximum atomic E-state index is 12.5. The zero-order valence-electron chi connectivity index (χ0n) is 12.7. The van der Waals surface area contributed by atoms with Crippen LogP contribution in [0, 0.1) is 12.8 Å². The summed E-state index contributed by atoms with van der Waals surface area (Å²) in [4.78, 5) is 12.5. The van der Waals surface area contributed by atoms with Gasteiger partial charge in [-0.2, -0.15) is 0 Å². The zero-order valence-corrected chi connectivity index (χ0v) is 12.7. The van der Waals surface area contributed by atoms with Crippen molar-refractivity contribution in [1.29, 1.82) is 0 Å². The van der Waals surface area contributed by atoms with Gasteiger partial charge in [-0.3, -0.25) is 4.79 Å². The molecule has 1 aromatic carbocycles. The molecule has 1 aliphatic rings. The maximum Gasteiger partial charge on any atom is 0.227 e. The Bertz CT molecular complexity index is 433. The molecule has 1 saturated heterocycles. The lowest BCUT2D eigenvalue weighted by atomic mass is 9.87. The Balaban J connectivity index is 2.00. The average molecular weight is 275 g/mol. The second kappa shape index (κ2) is 6.89. The Morgan fingerprint density at radius 3 is 2.60 bits per heavy atom. The third-order valence-corrected chi connectivity index (χ3v) is 3.91. The Labute approximate surface area is 121 Å². The van der Waals surface area contributed by atoms with Gasteiger partial charge in [0.25, 0.3) is 0 Å². The summed E-state index contributed by atoms with van der Waals surface area (Å²) in [7, 11) is 0. The molecule has 2 rings (SSSR count). The quantitative estimate of drug-likeness (QED) is 0.897. The number of benzene rings is 1. The third-order valence-electron chi connectivity index (χ3n) is 3.91. The van der Waals surface area contributed by atoms with Crippen molar-refractivity contribution in [2.24, 2.45) is 5.92 Å². The maximum absolute atomic E-state index is 12.5. The molecule has 0 spiro atoms. The monoisotopic (exact) mass is 275 g/mol. The molecule has 0 saturated carbocycles. The Morgan fingerprint density at radius 2 is 2.05 bits per heavy atom. The smallest absolute Gasteiger partial charge is 0.227 e. The molecule has 1 fully saturated rings. The molecule has 1 heterocycles. The van der Waals surface area contributed by atoms with Gasteiger partial charge in [-0.15, -0.1) is 0 Å². The van der Waals surface area contributed by atoms with Gasteiger partial charge in [0.15, 0.2) is 0 Å². The molecule has 3 heteroatoms. The van der Waals surface area contributed by atoms with Gasteiger partial charge in [0, 0.05) is 13.2 Å². The molecule has 2 unspecified atom stereocenters. The van der Waals surface area contributed by atoms with Crippen LogP contribution in [0.25, 0.3) is 0 Å². The minimum Gasteiger partial charge on any atom is -0.376 e. The summed E-state index contributed by atoms with van der Waals surface area (Å²) in [6.45, 7) is 7.71. The van der Waals surface area contributed by atoms with Crippen LogP contribution in [-0.2, 0) is 9.53 Å². The number of aryl methyl sites for hydroxylation is 1. The molecular formula is C17H25NO2. The number of nitrogens with one attached hydrogen (secondary N) is 1. The van der Waals surface area contributed by atoms with Crippen LogP contribution in [0.3, 0.4) is 0 Å². The lowest BCUT2D eigenvalue weighted by molar-refractivity contribution is -0.124. The van der Waals surface area contributed by atoms with E-state index in [-0.39, 0.29) is 23.8 Å². The Kier molecular flexibility index (Phi) is 5.18. The van der Waals surface area contributed by atoms with E-state index in [1.54, 1.807) is 0 Å².